The predicted molar refractivity (Wildman–Crippen MR) is 67.6 cm³/mol. The van der Waals surface area contributed by atoms with Crippen molar-refractivity contribution in [1.29, 1.82) is 0 Å². The van der Waals surface area contributed by atoms with Crippen LogP contribution in [0.3, 0.4) is 0 Å². The Morgan fingerprint density at radius 2 is 2.25 bits per heavy atom. The highest BCUT2D eigenvalue weighted by Gasteiger charge is 2.16. The van der Waals surface area contributed by atoms with Gasteiger partial charge in [-0.1, -0.05) is 19.8 Å². The molecular formula is C13H23N3. The maximum Gasteiger partial charge on any atom is 0.0728 e. The van der Waals surface area contributed by atoms with Crippen LogP contribution in [0.1, 0.15) is 46.0 Å². The topological polar surface area (TPSA) is 29.9 Å². The van der Waals surface area contributed by atoms with Crippen molar-refractivity contribution in [3.63, 3.8) is 0 Å². The zero-order chi connectivity index (χ0) is 11.4. The molecule has 1 aliphatic carbocycles. The van der Waals surface area contributed by atoms with Crippen molar-refractivity contribution in [2.45, 2.75) is 58.5 Å². The Bertz CT molecular complexity index is 319. The van der Waals surface area contributed by atoms with Gasteiger partial charge in [0.25, 0.3) is 0 Å². The van der Waals surface area contributed by atoms with Crippen LogP contribution in [0.2, 0.25) is 0 Å². The summed E-state index contributed by atoms with van der Waals surface area (Å²) in [4.78, 5) is 0. The summed E-state index contributed by atoms with van der Waals surface area (Å²) in [6.07, 6.45) is 10.8. The third-order valence-corrected chi connectivity index (χ3v) is 3.59. The van der Waals surface area contributed by atoms with Crippen LogP contribution in [0.5, 0.6) is 0 Å². The molecule has 2 unspecified atom stereocenters. The van der Waals surface area contributed by atoms with Gasteiger partial charge in [0.05, 0.1) is 11.9 Å². The molecule has 2 atom stereocenters. The molecule has 3 nitrogen and oxygen atoms in total. The molecule has 0 aromatic carbocycles. The minimum atomic E-state index is 0.652. The lowest BCUT2D eigenvalue weighted by Gasteiger charge is -2.16. The van der Waals surface area contributed by atoms with Gasteiger partial charge in [-0.2, -0.15) is 5.10 Å². The molecule has 0 amide bonds. The minimum absolute atomic E-state index is 0.652. The molecule has 0 aliphatic heterocycles. The first-order chi connectivity index (χ1) is 7.78. The molecule has 16 heavy (non-hydrogen) atoms. The molecule has 1 aromatic heterocycles. The first kappa shape index (κ1) is 11.5. The average molecular weight is 221 g/mol. The summed E-state index contributed by atoms with van der Waals surface area (Å²) in [6.45, 7) is 5.44. The van der Waals surface area contributed by atoms with Crippen LogP contribution in [-0.2, 0) is 6.54 Å². The van der Waals surface area contributed by atoms with E-state index in [1.54, 1.807) is 0 Å². The molecule has 2 rings (SSSR count). The van der Waals surface area contributed by atoms with Crippen molar-refractivity contribution in [2.75, 3.05) is 5.32 Å². The van der Waals surface area contributed by atoms with Crippen molar-refractivity contribution >= 4 is 5.69 Å². The van der Waals surface area contributed by atoms with E-state index in [1.165, 1.54) is 37.8 Å². The van der Waals surface area contributed by atoms with E-state index in [-0.39, 0.29) is 0 Å². The van der Waals surface area contributed by atoms with Crippen molar-refractivity contribution in [2.24, 2.45) is 5.92 Å². The first-order valence-corrected chi connectivity index (χ1v) is 6.57. The highest BCUT2D eigenvalue weighted by Crippen LogP contribution is 2.24. The van der Waals surface area contributed by atoms with Crippen LogP contribution in [0, 0.1) is 5.92 Å². The highest BCUT2D eigenvalue weighted by molar-refractivity contribution is 5.39. The Labute approximate surface area is 98.2 Å². The van der Waals surface area contributed by atoms with E-state index in [0.29, 0.717) is 6.04 Å². The molecule has 1 aromatic rings. The summed E-state index contributed by atoms with van der Waals surface area (Å²) >= 11 is 0. The second kappa shape index (κ2) is 5.37. The fourth-order valence-corrected chi connectivity index (χ4v) is 2.48. The third kappa shape index (κ3) is 3.00. The predicted octanol–water partition coefficient (Wildman–Crippen LogP) is 3.28. The highest BCUT2D eigenvalue weighted by atomic mass is 15.3. The van der Waals surface area contributed by atoms with Gasteiger partial charge in [-0.15, -0.1) is 0 Å². The Morgan fingerprint density at radius 1 is 1.38 bits per heavy atom. The lowest BCUT2D eigenvalue weighted by molar-refractivity contribution is 0.502. The average Bonchev–Trinajstić information content (AvgIpc) is 2.63. The van der Waals surface area contributed by atoms with E-state index in [2.05, 4.69) is 30.5 Å². The van der Waals surface area contributed by atoms with Gasteiger partial charge in [-0.05, 0) is 32.1 Å². The zero-order valence-electron chi connectivity index (χ0n) is 10.4. The van der Waals surface area contributed by atoms with Gasteiger partial charge in [0.2, 0.25) is 0 Å². The van der Waals surface area contributed by atoms with Gasteiger partial charge in [-0.3, -0.25) is 4.68 Å². The normalized spacial score (nSPS) is 26.4. The molecule has 1 fully saturated rings. The van der Waals surface area contributed by atoms with Crippen LogP contribution in [0.15, 0.2) is 12.4 Å². The largest absolute Gasteiger partial charge is 0.380 e. The second-order valence-corrected chi connectivity index (χ2v) is 5.04. The van der Waals surface area contributed by atoms with Crippen LogP contribution in [-0.4, -0.2) is 15.8 Å². The SMILES string of the molecule is CCn1cc(NC2CCCC(C)CC2)cn1. The van der Waals surface area contributed by atoms with Crippen molar-refractivity contribution < 1.29 is 0 Å². The summed E-state index contributed by atoms with van der Waals surface area (Å²) in [5.41, 5.74) is 1.18. The van der Waals surface area contributed by atoms with E-state index in [4.69, 9.17) is 0 Å². The Kier molecular flexibility index (Phi) is 3.86. The van der Waals surface area contributed by atoms with E-state index >= 15 is 0 Å². The number of hydrogen-bond acceptors (Lipinski definition) is 2. The smallest absolute Gasteiger partial charge is 0.0728 e. The van der Waals surface area contributed by atoms with Crippen LogP contribution >= 0.6 is 0 Å². The number of rotatable bonds is 3. The molecular weight excluding hydrogens is 198 g/mol. The fourth-order valence-electron chi connectivity index (χ4n) is 2.48. The molecule has 0 spiro atoms. The van der Waals surface area contributed by atoms with E-state index < -0.39 is 0 Å². The zero-order valence-corrected chi connectivity index (χ0v) is 10.4. The van der Waals surface area contributed by atoms with Gasteiger partial charge in [0.15, 0.2) is 0 Å². The van der Waals surface area contributed by atoms with Crippen LogP contribution < -0.4 is 5.32 Å². The second-order valence-electron chi connectivity index (χ2n) is 5.04. The molecule has 1 aliphatic rings. The quantitative estimate of drug-likeness (QED) is 0.794. The molecule has 0 bridgehead atoms. The summed E-state index contributed by atoms with van der Waals surface area (Å²) in [5.74, 6) is 0.908. The summed E-state index contributed by atoms with van der Waals surface area (Å²) in [5, 5.41) is 7.91. The summed E-state index contributed by atoms with van der Waals surface area (Å²) < 4.78 is 1.97. The number of aromatic nitrogens is 2. The monoisotopic (exact) mass is 221 g/mol. The molecule has 0 saturated heterocycles. The molecule has 3 heteroatoms. The first-order valence-electron chi connectivity index (χ1n) is 6.57. The van der Waals surface area contributed by atoms with Gasteiger partial charge in [-0.25, -0.2) is 0 Å². The number of nitrogens with zero attached hydrogens (tertiary/aromatic N) is 2. The van der Waals surface area contributed by atoms with E-state index in [0.717, 1.165) is 12.5 Å². The molecule has 0 radical (unpaired) electrons. The number of hydrogen-bond donors (Lipinski definition) is 1. The minimum Gasteiger partial charge on any atom is -0.380 e. The maximum atomic E-state index is 4.29. The fraction of sp³-hybridized carbons (Fsp3) is 0.769. The molecule has 1 N–H and O–H groups in total. The molecule has 90 valence electrons. The van der Waals surface area contributed by atoms with Crippen molar-refractivity contribution in [3.8, 4) is 0 Å². The van der Waals surface area contributed by atoms with Gasteiger partial charge < -0.3 is 5.32 Å². The maximum absolute atomic E-state index is 4.29. The summed E-state index contributed by atoms with van der Waals surface area (Å²) in [7, 11) is 0. The van der Waals surface area contributed by atoms with Crippen molar-refractivity contribution in [1.82, 2.24) is 9.78 Å². The standard InChI is InChI=1S/C13H23N3/c1-3-16-10-13(9-14-16)15-12-6-4-5-11(2)7-8-12/h9-12,15H,3-8H2,1-2H3. The lowest BCUT2D eigenvalue weighted by Crippen LogP contribution is -2.17. The molecule has 1 saturated carbocycles. The Hall–Kier alpha value is -0.990. The number of nitrogens with one attached hydrogen (secondary N) is 1. The summed E-state index contributed by atoms with van der Waals surface area (Å²) in [6, 6.07) is 0.652. The van der Waals surface area contributed by atoms with Gasteiger partial charge in [0, 0.05) is 18.8 Å². The molecule has 1 heterocycles. The third-order valence-electron chi connectivity index (χ3n) is 3.59. The van der Waals surface area contributed by atoms with Crippen LogP contribution in [0.4, 0.5) is 5.69 Å². The van der Waals surface area contributed by atoms with Gasteiger partial charge >= 0.3 is 0 Å². The number of aryl methyl sites for hydroxylation is 1. The Balaban J connectivity index is 1.88. The van der Waals surface area contributed by atoms with Crippen LogP contribution in [0.25, 0.3) is 0 Å². The number of anilines is 1. The lowest BCUT2D eigenvalue weighted by atomic mass is 10.0. The van der Waals surface area contributed by atoms with E-state index in [1.807, 2.05) is 10.9 Å². The van der Waals surface area contributed by atoms with E-state index in [9.17, 15) is 0 Å². The van der Waals surface area contributed by atoms with Crippen molar-refractivity contribution in [3.05, 3.63) is 12.4 Å². The van der Waals surface area contributed by atoms with Gasteiger partial charge in [0.1, 0.15) is 0 Å². The Morgan fingerprint density at radius 3 is 3.00 bits per heavy atom.